The lowest BCUT2D eigenvalue weighted by Crippen LogP contribution is -2.11. The van der Waals surface area contributed by atoms with Crippen LogP contribution >= 0.6 is 23.2 Å². The average Bonchev–Trinajstić information content (AvgIpc) is 1.96. The normalized spacial score (nSPS) is 9.92. The molecule has 0 unspecified atom stereocenters. The second kappa shape index (κ2) is 3.33. The van der Waals surface area contributed by atoms with Crippen LogP contribution in [0.5, 0.6) is 0 Å². The summed E-state index contributed by atoms with van der Waals surface area (Å²) in [5, 5.41) is 0.570. The first-order valence-electron chi connectivity index (χ1n) is 3.28. The number of halogens is 2. The van der Waals surface area contributed by atoms with Crippen molar-refractivity contribution in [2.75, 3.05) is 0 Å². The maximum absolute atomic E-state index is 10.8. The maximum atomic E-state index is 10.8. The molecule has 0 saturated heterocycles. The number of amides is 1. The lowest BCUT2D eigenvalue weighted by molar-refractivity contribution is 0.100. The number of carbonyl (C=O) groups excluding carboxylic acids is 1. The average molecular weight is 204 g/mol. The fraction of sp³-hybridized carbons (Fsp3) is 0.125. The van der Waals surface area contributed by atoms with E-state index >= 15 is 0 Å². The van der Waals surface area contributed by atoms with Gasteiger partial charge in [-0.05, 0) is 24.6 Å². The molecule has 12 heavy (non-hydrogen) atoms. The summed E-state index contributed by atoms with van der Waals surface area (Å²) in [7, 11) is 0. The van der Waals surface area contributed by atoms with E-state index in [4.69, 9.17) is 28.9 Å². The molecule has 1 amide bonds. The standard InChI is InChI=1S/C8H7Cl2NO/c1-4-2-5(8(11)12)7(10)6(9)3-4/h2-3H,1H3,(H2,11,12). The molecule has 0 spiro atoms. The fourth-order valence-electron chi connectivity index (χ4n) is 0.904. The number of hydrogen-bond donors (Lipinski definition) is 1. The molecule has 1 aromatic carbocycles. The molecule has 4 heteroatoms. The highest BCUT2D eigenvalue weighted by atomic mass is 35.5. The van der Waals surface area contributed by atoms with E-state index in [2.05, 4.69) is 0 Å². The predicted molar refractivity (Wildman–Crippen MR) is 49.7 cm³/mol. The van der Waals surface area contributed by atoms with Crippen LogP contribution in [0.25, 0.3) is 0 Å². The summed E-state index contributed by atoms with van der Waals surface area (Å²) in [6.07, 6.45) is 0. The highest BCUT2D eigenvalue weighted by molar-refractivity contribution is 6.43. The third-order valence-electron chi connectivity index (χ3n) is 1.44. The van der Waals surface area contributed by atoms with Gasteiger partial charge in [-0.25, -0.2) is 0 Å². The third kappa shape index (κ3) is 1.71. The van der Waals surface area contributed by atoms with Gasteiger partial charge in [0.15, 0.2) is 0 Å². The van der Waals surface area contributed by atoms with E-state index in [1.807, 2.05) is 6.92 Å². The molecule has 0 bridgehead atoms. The van der Waals surface area contributed by atoms with Gasteiger partial charge in [0.1, 0.15) is 0 Å². The molecule has 0 heterocycles. The number of aryl methyl sites for hydroxylation is 1. The van der Waals surface area contributed by atoms with Gasteiger partial charge in [0, 0.05) is 0 Å². The third-order valence-corrected chi connectivity index (χ3v) is 2.24. The van der Waals surface area contributed by atoms with Crippen LogP contribution in [0.15, 0.2) is 12.1 Å². The van der Waals surface area contributed by atoms with Gasteiger partial charge in [-0.1, -0.05) is 23.2 Å². The molecule has 64 valence electrons. The van der Waals surface area contributed by atoms with Gasteiger partial charge < -0.3 is 5.73 Å². The number of hydrogen-bond acceptors (Lipinski definition) is 1. The first-order chi connectivity index (χ1) is 5.52. The van der Waals surface area contributed by atoms with Crippen molar-refractivity contribution in [2.45, 2.75) is 6.92 Å². The number of nitrogens with two attached hydrogens (primary N) is 1. The minimum Gasteiger partial charge on any atom is -0.366 e. The van der Waals surface area contributed by atoms with Crippen LogP contribution in [-0.4, -0.2) is 5.91 Å². The molecule has 2 nitrogen and oxygen atoms in total. The Kier molecular flexibility index (Phi) is 2.60. The molecule has 1 rings (SSSR count). The van der Waals surface area contributed by atoms with Crippen LogP contribution in [0.2, 0.25) is 10.0 Å². The molecule has 0 aliphatic carbocycles. The Bertz CT molecular complexity index is 336. The monoisotopic (exact) mass is 203 g/mol. The van der Waals surface area contributed by atoms with Crippen LogP contribution < -0.4 is 5.73 Å². The van der Waals surface area contributed by atoms with E-state index < -0.39 is 5.91 Å². The largest absolute Gasteiger partial charge is 0.366 e. The first-order valence-corrected chi connectivity index (χ1v) is 4.03. The van der Waals surface area contributed by atoms with Crippen LogP contribution in [0.1, 0.15) is 15.9 Å². The first kappa shape index (κ1) is 9.36. The molecule has 0 aliphatic rings. The molecule has 0 atom stereocenters. The van der Waals surface area contributed by atoms with E-state index in [1.165, 1.54) is 0 Å². The lowest BCUT2D eigenvalue weighted by atomic mass is 10.1. The minimum absolute atomic E-state index is 0.217. The SMILES string of the molecule is Cc1cc(Cl)c(Cl)c(C(N)=O)c1. The van der Waals surface area contributed by atoms with Gasteiger partial charge in [-0.2, -0.15) is 0 Å². The van der Waals surface area contributed by atoms with Crippen molar-refractivity contribution < 1.29 is 4.79 Å². The Hall–Kier alpha value is -0.730. The molecule has 0 radical (unpaired) electrons. The number of primary amides is 1. The molecule has 0 aliphatic heterocycles. The summed E-state index contributed by atoms with van der Waals surface area (Å²) in [4.78, 5) is 10.8. The van der Waals surface area contributed by atoms with Crippen LogP contribution in [0, 0.1) is 6.92 Å². The topological polar surface area (TPSA) is 43.1 Å². The quantitative estimate of drug-likeness (QED) is 0.749. The summed E-state index contributed by atoms with van der Waals surface area (Å²) in [6.45, 7) is 1.81. The van der Waals surface area contributed by atoms with E-state index in [1.54, 1.807) is 12.1 Å². The van der Waals surface area contributed by atoms with E-state index in [9.17, 15) is 4.79 Å². The Labute approximate surface area is 80.3 Å². The van der Waals surface area contributed by atoms with Gasteiger partial charge >= 0.3 is 0 Å². The molecule has 0 fully saturated rings. The summed E-state index contributed by atoms with van der Waals surface area (Å²) >= 11 is 11.5. The number of benzene rings is 1. The highest BCUT2D eigenvalue weighted by Crippen LogP contribution is 2.26. The van der Waals surface area contributed by atoms with E-state index in [0.717, 1.165) is 5.56 Å². The Balaban J connectivity index is 3.37. The zero-order valence-electron chi connectivity index (χ0n) is 6.40. The summed E-state index contributed by atoms with van der Waals surface area (Å²) < 4.78 is 0. The Morgan fingerprint density at radius 1 is 1.42 bits per heavy atom. The van der Waals surface area contributed by atoms with Gasteiger partial charge in [0.2, 0.25) is 5.91 Å². The lowest BCUT2D eigenvalue weighted by Gasteiger charge is -2.02. The van der Waals surface area contributed by atoms with Crippen molar-refractivity contribution in [3.05, 3.63) is 33.3 Å². The molecular formula is C8H7Cl2NO. The van der Waals surface area contributed by atoms with Crippen molar-refractivity contribution >= 4 is 29.1 Å². The zero-order valence-corrected chi connectivity index (χ0v) is 7.91. The van der Waals surface area contributed by atoms with Crippen LogP contribution in [0.4, 0.5) is 0 Å². The second-order valence-corrected chi connectivity index (χ2v) is 3.26. The fourth-order valence-corrected chi connectivity index (χ4v) is 1.38. The van der Waals surface area contributed by atoms with Crippen LogP contribution in [0.3, 0.4) is 0 Å². The number of rotatable bonds is 1. The predicted octanol–water partition coefficient (Wildman–Crippen LogP) is 2.40. The van der Waals surface area contributed by atoms with Crippen LogP contribution in [-0.2, 0) is 0 Å². The number of carbonyl (C=O) groups is 1. The molecular weight excluding hydrogens is 197 g/mol. The molecule has 1 aromatic rings. The second-order valence-electron chi connectivity index (χ2n) is 2.47. The summed E-state index contributed by atoms with van der Waals surface area (Å²) in [6, 6.07) is 3.28. The van der Waals surface area contributed by atoms with Crippen molar-refractivity contribution in [1.82, 2.24) is 0 Å². The zero-order chi connectivity index (χ0) is 9.30. The van der Waals surface area contributed by atoms with Gasteiger partial charge in [0.25, 0.3) is 0 Å². The Morgan fingerprint density at radius 3 is 2.50 bits per heavy atom. The van der Waals surface area contributed by atoms with Crippen molar-refractivity contribution in [2.24, 2.45) is 5.73 Å². The van der Waals surface area contributed by atoms with Gasteiger partial charge in [-0.15, -0.1) is 0 Å². The van der Waals surface area contributed by atoms with Crippen molar-refractivity contribution in [1.29, 1.82) is 0 Å². The van der Waals surface area contributed by atoms with E-state index in [-0.39, 0.29) is 10.6 Å². The molecule has 0 saturated carbocycles. The van der Waals surface area contributed by atoms with Gasteiger partial charge in [0.05, 0.1) is 15.6 Å². The highest BCUT2D eigenvalue weighted by Gasteiger charge is 2.09. The minimum atomic E-state index is -0.564. The maximum Gasteiger partial charge on any atom is 0.250 e. The van der Waals surface area contributed by atoms with Gasteiger partial charge in [-0.3, -0.25) is 4.79 Å². The summed E-state index contributed by atoms with van der Waals surface area (Å²) in [5.74, 6) is -0.564. The van der Waals surface area contributed by atoms with Crippen molar-refractivity contribution in [3.8, 4) is 0 Å². The Morgan fingerprint density at radius 2 is 2.00 bits per heavy atom. The smallest absolute Gasteiger partial charge is 0.250 e. The van der Waals surface area contributed by atoms with Crippen molar-refractivity contribution in [3.63, 3.8) is 0 Å². The van der Waals surface area contributed by atoms with E-state index in [0.29, 0.717) is 5.02 Å². The molecule has 0 aromatic heterocycles. The molecule has 2 N–H and O–H groups in total. The summed E-state index contributed by atoms with van der Waals surface area (Å²) in [5.41, 5.74) is 6.20.